The highest BCUT2D eigenvalue weighted by Gasteiger charge is 2.23. The van der Waals surface area contributed by atoms with Gasteiger partial charge in [0, 0.05) is 25.0 Å². The van der Waals surface area contributed by atoms with Crippen molar-refractivity contribution in [3.63, 3.8) is 0 Å². The lowest BCUT2D eigenvalue weighted by Crippen LogP contribution is -2.42. The van der Waals surface area contributed by atoms with Crippen LogP contribution < -0.4 is 5.32 Å². The highest BCUT2D eigenvalue weighted by molar-refractivity contribution is 5.09. The monoisotopic (exact) mass is 277 g/mol. The topological polar surface area (TPSA) is 28.2 Å². The first-order valence-electron chi connectivity index (χ1n) is 7.74. The van der Waals surface area contributed by atoms with E-state index in [2.05, 4.69) is 62.1 Å². The summed E-state index contributed by atoms with van der Waals surface area (Å²) in [6.07, 6.45) is 6.04. The summed E-state index contributed by atoms with van der Waals surface area (Å²) >= 11 is 0. The van der Waals surface area contributed by atoms with Gasteiger partial charge in [0.15, 0.2) is 0 Å². The Labute approximate surface area is 124 Å². The van der Waals surface area contributed by atoms with Crippen LogP contribution in [0, 0.1) is 5.41 Å². The smallest absolute Gasteiger partial charge is 0.0270 e. The maximum atomic E-state index is 4.06. The molecule has 0 bridgehead atoms. The van der Waals surface area contributed by atoms with Crippen molar-refractivity contribution in [1.82, 2.24) is 15.2 Å². The molecule has 1 N–H and O–H groups in total. The SMILES string of the molecule is CCNC(CCN(C)CCc1ccncc1)C(C)(C)C. The second-order valence-electron chi connectivity index (χ2n) is 6.67. The molecular weight excluding hydrogens is 246 g/mol. The Hall–Kier alpha value is -0.930. The van der Waals surface area contributed by atoms with Gasteiger partial charge in [-0.15, -0.1) is 0 Å². The van der Waals surface area contributed by atoms with Gasteiger partial charge in [-0.05, 0) is 56.1 Å². The van der Waals surface area contributed by atoms with Crippen LogP contribution in [0.3, 0.4) is 0 Å². The zero-order chi connectivity index (χ0) is 15.0. The first kappa shape index (κ1) is 17.1. The van der Waals surface area contributed by atoms with E-state index >= 15 is 0 Å². The quantitative estimate of drug-likeness (QED) is 0.792. The molecule has 1 heterocycles. The van der Waals surface area contributed by atoms with Crippen LogP contribution in [0.4, 0.5) is 0 Å². The average Bonchev–Trinajstić information content (AvgIpc) is 2.41. The predicted octanol–water partition coefficient (Wildman–Crippen LogP) is 2.97. The average molecular weight is 277 g/mol. The molecule has 114 valence electrons. The number of pyridine rings is 1. The van der Waals surface area contributed by atoms with Crippen LogP contribution in [0.5, 0.6) is 0 Å². The van der Waals surface area contributed by atoms with Crippen LogP contribution in [0.25, 0.3) is 0 Å². The molecule has 1 unspecified atom stereocenters. The number of rotatable bonds is 8. The summed E-state index contributed by atoms with van der Waals surface area (Å²) in [4.78, 5) is 6.48. The Bertz CT molecular complexity index is 356. The van der Waals surface area contributed by atoms with Crippen LogP contribution >= 0.6 is 0 Å². The summed E-state index contributed by atoms with van der Waals surface area (Å²) in [6, 6.07) is 4.78. The molecular formula is C17H31N3. The largest absolute Gasteiger partial charge is 0.314 e. The van der Waals surface area contributed by atoms with Crippen molar-refractivity contribution in [2.45, 2.75) is 46.6 Å². The standard InChI is InChI=1S/C17H31N3/c1-6-19-16(17(2,3)4)10-14-20(5)13-9-15-7-11-18-12-8-15/h7-8,11-12,16,19H,6,9-10,13-14H2,1-5H3. The molecule has 1 rings (SSSR count). The Balaban J connectivity index is 2.32. The number of nitrogens with one attached hydrogen (secondary N) is 1. The van der Waals surface area contributed by atoms with Gasteiger partial charge in [-0.1, -0.05) is 27.7 Å². The van der Waals surface area contributed by atoms with Crippen LogP contribution in [0.2, 0.25) is 0 Å². The molecule has 1 aromatic heterocycles. The lowest BCUT2D eigenvalue weighted by molar-refractivity contribution is 0.224. The molecule has 0 amide bonds. The van der Waals surface area contributed by atoms with Crippen molar-refractivity contribution in [2.24, 2.45) is 5.41 Å². The van der Waals surface area contributed by atoms with Crippen molar-refractivity contribution in [1.29, 1.82) is 0 Å². The summed E-state index contributed by atoms with van der Waals surface area (Å²) < 4.78 is 0. The molecule has 0 aliphatic carbocycles. The summed E-state index contributed by atoms with van der Waals surface area (Å²) in [5.41, 5.74) is 1.69. The lowest BCUT2D eigenvalue weighted by atomic mass is 9.84. The third kappa shape index (κ3) is 6.49. The minimum Gasteiger partial charge on any atom is -0.314 e. The third-order valence-corrected chi connectivity index (χ3v) is 3.83. The molecule has 0 aliphatic heterocycles. The normalized spacial score (nSPS) is 13.7. The van der Waals surface area contributed by atoms with Gasteiger partial charge in [0.2, 0.25) is 0 Å². The van der Waals surface area contributed by atoms with Gasteiger partial charge in [0.05, 0.1) is 0 Å². The maximum absolute atomic E-state index is 4.06. The molecule has 0 aliphatic rings. The summed E-state index contributed by atoms with van der Waals surface area (Å²) in [5.74, 6) is 0. The fraction of sp³-hybridized carbons (Fsp3) is 0.706. The van der Waals surface area contributed by atoms with E-state index < -0.39 is 0 Å². The van der Waals surface area contributed by atoms with Gasteiger partial charge >= 0.3 is 0 Å². The van der Waals surface area contributed by atoms with Gasteiger partial charge in [0.1, 0.15) is 0 Å². The Morgan fingerprint density at radius 3 is 2.40 bits per heavy atom. The Kier molecular flexibility index (Phi) is 7.17. The second-order valence-corrected chi connectivity index (χ2v) is 6.67. The third-order valence-electron chi connectivity index (χ3n) is 3.83. The molecule has 0 saturated heterocycles. The van der Waals surface area contributed by atoms with Crippen LogP contribution in [0.15, 0.2) is 24.5 Å². The molecule has 1 aromatic rings. The highest BCUT2D eigenvalue weighted by Crippen LogP contribution is 2.21. The number of nitrogens with zero attached hydrogens (tertiary/aromatic N) is 2. The van der Waals surface area contributed by atoms with Crippen LogP contribution in [-0.4, -0.2) is 42.6 Å². The van der Waals surface area contributed by atoms with E-state index in [1.165, 1.54) is 12.0 Å². The summed E-state index contributed by atoms with van der Waals surface area (Å²) in [6.45, 7) is 12.4. The van der Waals surface area contributed by atoms with E-state index in [0.29, 0.717) is 11.5 Å². The highest BCUT2D eigenvalue weighted by atomic mass is 15.1. The number of likely N-dealkylation sites (N-methyl/N-ethyl adjacent to an activating group) is 1. The van der Waals surface area contributed by atoms with E-state index in [1.54, 1.807) is 0 Å². The van der Waals surface area contributed by atoms with Crippen LogP contribution in [-0.2, 0) is 6.42 Å². The van der Waals surface area contributed by atoms with E-state index in [9.17, 15) is 0 Å². The number of hydrogen-bond donors (Lipinski definition) is 1. The van der Waals surface area contributed by atoms with Crippen molar-refractivity contribution in [3.05, 3.63) is 30.1 Å². The van der Waals surface area contributed by atoms with Crippen LogP contribution in [0.1, 0.15) is 39.7 Å². The van der Waals surface area contributed by atoms with Crippen molar-refractivity contribution < 1.29 is 0 Å². The van der Waals surface area contributed by atoms with E-state index in [0.717, 1.165) is 26.1 Å². The molecule has 0 spiro atoms. The molecule has 0 radical (unpaired) electrons. The fourth-order valence-electron chi connectivity index (χ4n) is 2.42. The van der Waals surface area contributed by atoms with E-state index in [4.69, 9.17) is 0 Å². The predicted molar refractivity (Wildman–Crippen MR) is 87.0 cm³/mol. The van der Waals surface area contributed by atoms with Gasteiger partial charge in [-0.2, -0.15) is 0 Å². The van der Waals surface area contributed by atoms with E-state index in [1.807, 2.05) is 12.4 Å². The maximum Gasteiger partial charge on any atom is 0.0270 e. The number of hydrogen-bond acceptors (Lipinski definition) is 3. The first-order valence-corrected chi connectivity index (χ1v) is 7.74. The van der Waals surface area contributed by atoms with Crippen molar-refractivity contribution in [2.75, 3.05) is 26.7 Å². The van der Waals surface area contributed by atoms with Crippen molar-refractivity contribution in [3.8, 4) is 0 Å². The Morgan fingerprint density at radius 1 is 1.20 bits per heavy atom. The van der Waals surface area contributed by atoms with Gasteiger partial charge in [-0.3, -0.25) is 4.98 Å². The van der Waals surface area contributed by atoms with Crippen molar-refractivity contribution >= 4 is 0 Å². The summed E-state index contributed by atoms with van der Waals surface area (Å²) in [5, 5.41) is 3.62. The zero-order valence-electron chi connectivity index (χ0n) is 13.8. The molecule has 0 saturated carbocycles. The minimum absolute atomic E-state index is 0.321. The molecule has 1 atom stereocenters. The molecule has 3 nitrogen and oxygen atoms in total. The molecule has 20 heavy (non-hydrogen) atoms. The zero-order valence-corrected chi connectivity index (χ0v) is 13.8. The molecule has 0 aromatic carbocycles. The molecule has 0 fully saturated rings. The minimum atomic E-state index is 0.321. The molecule has 3 heteroatoms. The number of aromatic nitrogens is 1. The van der Waals surface area contributed by atoms with Gasteiger partial charge in [-0.25, -0.2) is 0 Å². The fourth-order valence-corrected chi connectivity index (χ4v) is 2.42. The van der Waals surface area contributed by atoms with E-state index in [-0.39, 0.29) is 0 Å². The Morgan fingerprint density at radius 2 is 1.85 bits per heavy atom. The van der Waals surface area contributed by atoms with Gasteiger partial charge in [0.25, 0.3) is 0 Å². The summed E-state index contributed by atoms with van der Waals surface area (Å²) in [7, 11) is 2.22. The van der Waals surface area contributed by atoms with Gasteiger partial charge < -0.3 is 10.2 Å². The first-order chi connectivity index (χ1) is 9.43. The lowest BCUT2D eigenvalue weighted by Gasteiger charge is -2.32. The second kappa shape index (κ2) is 8.38.